The lowest BCUT2D eigenvalue weighted by Gasteiger charge is -2.06. The van der Waals surface area contributed by atoms with Crippen LogP contribution in [0.25, 0.3) is 16.5 Å². The van der Waals surface area contributed by atoms with E-state index in [1.807, 2.05) is 32.0 Å². The third kappa shape index (κ3) is 3.66. The van der Waals surface area contributed by atoms with Crippen LogP contribution < -0.4 is 5.56 Å². The van der Waals surface area contributed by atoms with Crippen molar-refractivity contribution in [3.05, 3.63) is 81.3 Å². The number of benzene rings is 3. The summed E-state index contributed by atoms with van der Waals surface area (Å²) >= 11 is 0. The second kappa shape index (κ2) is 8.14. The first kappa shape index (κ1) is 21.0. The van der Waals surface area contributed by atoms with Crippen LogP contribution in [0.5, 0.6) is 5.75 Å². The Bertz CT molecular complexity index is 1450. The Hall–Kier alpha value is -4.20. The SMILES string of the molecule is COC(=O)c1ccc2c(N=Nc3c(C)[nH]n(-c4ccc(C)c(C)c4)c3=O)c(O)ccc2c1. The van der Waals surface area contributed by atoms with E-state index in [1.165, 1.54) is 17.9 Å². The van der Waals surface area contributed by atoms with Gasteiger partial charge in [0.25, 0.3) is 5.56 Å². The van der Waals surface area contributed by atoms with E-state index in [4.69, 9.17) is 4.74 Å². The number of aromatic amines is 1. The van der Waals surface area contributed by atoms with E-state index in [2.05, 4.69) is 15.3 Å². The Balaban J connectivity index is 1.77. The molecule has 0 radical (unpaired) electrons. The van der Waals surface area contributed by atoms with Crippen molar-refractivity contribution in [3.8, 4) is 11.4 Å². The van der Waals surface area contributed by atoms with Crippen LogP contribution in [0, 0.1) is 20.8 Å². The molecule has 0 aliphatic carbocycles. The molecule has 0 bridgehead atoms. The molecule has 162 valence electrons. The van der Waals surface area contributed by atoms with Crippen molar-refractivity contribution in [2.75, 3.05) is 7.11 Å². The monoisotopic (exact) mass is 430 g/mol. The zero-order valence-electron chi connectivity index (χ0n) is 18.1. The molecular formula is C24H22N4O4. The maximum Gasteiger partial charge on any atom is 0.337 e. The number of phenols is 1. The summed E-state index contributed by atoms with van der Waals surface area (Å²) in [4.78, 5) is 24.8. The van der Waals surface area contributed by atoms with Gasteiger partial charge in [-0.15, -0.1) is 10.2 Å². The van der Waals surface area contributed by atoms with Crippen molar-refractivity contribution in [1.82, 2.24) is 9.78 Å². The lowest BCUT2D eigenvalue weighted by molar-refractivity contribution is 0.0601. The number of rotatable bonds is 4. The second-order valence-electron chi connectivity index (χ2n) is 7.56. The fourth-order valence-corrected chi connectivity index (χ4v) is 3.45. The van der Waals surface area contributed by atoms with Crippen molar-refractivity contribution < 1.29 is 14.6 Å². The summed E-state index contributed by atoms with van der Waals surface area (Å²) in [6.45, 7) is 5.72. The van der Waals surface area contributed by atoms with Gasteiger partial charge in [-0.05, 0) is 67.6 Å². The highest BCUT2D eigenvalue weighted by molar-refractivity contribution is 6.00. The highest BCUT2D eigenvalue weighted by Crippen LogP contribution is 2.36. The summed E-state index contributed by atoms with van der Waals surface area (Å²) in [5.41, 5.74) is 3.83. The van der Waals surface area contributed by atoms with E-state index in [1.54, 1.807) is 31.2 Å². The first-order valence-corrected chi connectivity index (χ1v) is 9.95. The molecule has 4 aromatic rings. The van der Waals surface area contributed by atoms with Gasteiger partial charge in [-0.1, -0.05) is 18.2 Å². The highest BCUT2D eigenvalue weighted by Gasteiger charge is 2.14. The smallest absolute Gasteiger partial charge is 0.337 e. The standard InChI is InChI=1S/C24H22N4O4/c1-13-5-8-18(11-14(13)2)28-23(30)21(15(3)27-28)25-26-22-19-9-6-17(24(31)32-4)12-16(19)7-10-20(22)29/h5-12,27,29H,1-4H3. The number of phenolic OH excluding ortho intramolecular Hbond substituents is 1. The minimum atomic E-state index is -0.460. The van der Waals surface area contributed by atoms with Crippen LogP contribution in [0.4, 0.5) is 11.4 Å². The molecule has 8 heteroatoms. The molecule has 0 unspecified atom stereocenters. The number of methoxy groups -OCH3 is 1. The van der Waals surface area contributed by atoms with E-state index in [9.17, 15) is 14.7 Å². The maximum atomic E-state index is 13.0. The number of esters is 1. The number of H-pyrrole nitrogens is 1. The number of nitrogens with one attached hydrogen (secondary N) is 1. The second-order valence-corrected chi connectivity index (χ2v) is 7.56. The summed E-state index contributed by atoms with van der Waals surface area (Å²) in [7, 11) is 1.31. The molecule has 4 rings (SSSR count). The Morgan fingerprint density at radius 1 is 0.969 bits per heavy atom. The largest absolute Gasteiger partial charge is 0.506 e. The van der Waals surface area contributed by atoms with E-state index in [-0.39, 0.29) is 22.7 Å². The van der Waals surface area contributed by atoms with Gasteiger partial charge in [0.1, 0.15) is 11.4 Å². The number of aromatic nitrogens is 2. The molecule has 0 aliphatic heterocycles. The van der Waals surface area contributed by atoms with Crippen molar-refractivity contribution in [1.29, 1.82) is 0 Å². The number of carbonyl (C=O) groups is 1. The molecule has 0 amide bonds. The van der Waals surface area contributed by atoms with Gasteiger partial charge >= 0.3 is 5.97 Å². The molecule has 8 nitrogen and oxygen atoms in total. The van der Waals surface area contributed by atoms with E-state index in [0.717, 1.165) is 11.1 Å². The number of aryl methyl sites for hydroxylation is 3. The molecule has 0 aliphatic rings. The van der Waals surface area contributed by atoms with E-state index in [0.29, 0.717) is 27.7 Å². The van der Waals surface area contributed by atoms with Crippen molar-refractivity contribution >= 4 is 28.1 Å². The number of nitrogens with zero attached hydrogens (tertiary/aromatic N) is 3. The predicted molar refractivity (Wildman–Crippen MR) is 122 cm³/mol. The van der Waals surface area contributed by atoms with Gasteiger partial charge in [0.05, 0.1) is 24.1 Å². The van der Waals surface area contributed by atoms with Gasteiger partial charge in [0.2, 0.25) is 0 Å². The fourth-order valence-electron chi connectivity index (χ4n) is 3.45. The number of fused-ring (bicyclic) bond motifs is 1. The van der Waals surface area contributed by atoms with Crippen LogP contribution in [-0.2, 0) is 4.74 Å². The molecule has 0 saturated carbocycles. The molecule has 0 atom stereocenters. The van der Waals surface area contributed by atoms with Crippen molar-refractivity contribution in [3.63, 3.8) is 0 Å². The van der Waals surface area contributed by atoms with Gasteiger partial charge in [-0.2, -0.15) is 0 Å². The van der Waals surface area contributed by atoms with E-state index < -0.39 is 5.97 Å². The quantitative estimate of drug-likeness (QED) is 0.345. The minimum absolute atomic E-state index is 0.0882. The minimum Gasteiger partial charge on any atom is -0.506 e. The summed E-state index contributed by atoms with van der Waals surface area (Å²) < 4.78 is 6.17. The van der Waals surface area contributed by atoms with Crippen LogP contribution in [0.15, 0.2) is 63.6 Å². The molecular weight excluding hydrogens is 408 g/mol. The van der Waals surface area contributed by atoms with Gasteiger partial charge in [0.15, 0.2) is 5.69 Å². The number of hydrogen-bond donors (Lipinski definition) is 2. The lowest BCUT2D eigenvalue weighted by atomic mass is 10.0. The van der Waals surface area contributed by atoms with Crippen LogP contribution in [0.3, 0.4) is 0 Å². The molecule has 32 heavy (non-hydrogen) atoms. The summed E-state index contributed by atoms with van der Waals surface area (Å²) in [6, 6.07) is 13.8. The summed E-state index contributed by atoms with van der Waals surface area (Å²) in [5, 5.41) is 23.0. The van der Waals surface area contributed by atoms with Crippen LogP contribution >= 0.6 is 0 Å². The summed E-state index contributed by atoms with van der Waals surface area (Å²) in [5.74, 6) is -0.548. The topological polar surface area (TPSA) is 109 Å². The first-order valence-electron chi connectivity index (χ1n) is 9.95. The zero-order chi connectivity index (χ0) is 23.0. The first-order chi connectivity index (χ1) is 15.3. The Morgan fingerprint density at radius 2 is 1.72 bits per heavy atom. The number of hydrogen-bond acceptors (Lipinski definition) is 6. The number of azo groups is 1. The molecule has 0 fully saturated rings. The summed E-state index contributed by atoms with van der Waals surface area (Å²) in [6.07, 6.45) is 0. The van der Waals surface area contributed by atoms with Crippen molar-refractivity contribution in [2.24, 2.45) is 10.2 Å². The molecule has 1 heterocycles. The van der Waals surface area contributed by atoms with Crippen LogP contribution in [0.2, 0.25) is 0 Å². The maximum absolute atomic E-state index is 13.0. The Labute approximate surface area is 183 Å². The molecule has 1 aromatic heterocycles. The van der Waals surface area contributed by atoms with Crippen LogP contribution in [-0.4, -0.2) is 28.0 Å². The Morgan fingerprint density at radius 3 is 2.44 bits per heavy atom. The van der Waals surface area contributed by atoms with Gasteiger partial charge in [-0.25, -0.2) is 9.48 Å². The highest BCUT2D eigenvalue weighted by atomic mass is 16.5. The third-order valence-corrected chi connectivity index (χ3v) is 5.43. The number of aromatic hydroxyl groups is 1. The average molecular weight is 430 g/mol. The van der Waals surface area contributed by atoms with Crippen LogP contribution in [0.1, 0.15) is 27.2 Å². The number of carbonyl (C=O) groups excluding carboxylic acids is 1. The lowest BCUT2D eigenvalue weighted by Crippen LogP contribution is -2.14. The van der Waals surface area contributed by atoms with E-state index >= 15 is 0 Å². The molecule has 3 aromatic carbocycles. The van der Waals surface area contributed by atoms with Gasteiger partial charge < -0.3 is 9.84 Å². The normalized spacial score (nSPS) is 11.4. The Kier molecular flexibility index (Phi) is 5.36. The van der Waals surface area contributed by atoms with Gasteiger partial charge in [-0.3, -0.25) is 9.89 Å². The molecule has 0 spiro atoms. The predicted octanol–water partition coefficient (Wildman–Crippen LogP) is 5.15. The van der Waals surface area contributed by atoms with Crippen molar-refractivity contribution in [2.45, 2.75) is 20.8 Å². The average Bonchev–Trinajstić information content (AvgIpc) is 3.07. The van der Waals surface area contributed by atoms with Gasteiger partial charge in [0, 0.05) is 5.39 Å². The third-order valence-electron chi connectivity index (χ3n) is 5.43. The zero-order valence-corrected chi connectivity index (χ0v) is 18.1. The molecule has 2 N–H and O–H groups in total. The molecule has 0 saturated heterocycles. The fraction of sp³-hybridized carbons (Fsp3) is 0.167. The number of ether oxygens (including phenoxy) is 1.